The average molecular weight is 530 g/mol. The smallest absolute Gasteiger partial charge is 0.318 e. The number of carbonyl (C=O) groups excluding carboxylic acids is 1. The van der Waals surface area contributed by atoms with E-state index < -0.39 is 0 Å². The van der Waals surface area contributed by atoms with Crippen molar-refractivity contribution in [2.24, 2.45) is 5.92 Å². The number of likely N-dealkylation sites (tertiary alicyclic amines) is 1. The number of likely N-dealkylation sites (N-methyl/N-ethyl adjacent to an activating group) is 1. The van der Waals surface area contributed by atoms with E-state index in [-0.39, 0.29) is 17.7 Å². The maximum Gasteiger partial charge on any atom is 0.318 e. The van der Waals surface area contributed by atoms with Gasteiger partial charge in [0, 0.05) is 30.1 Å². The highest BCUT2D eigenvalue weighted by molar-refractivity contribution is 5.93. The summed E-state index contributed by atoms with van der Waals surface area (Å²) in [5, 5.41) is 6.57. The van der Waals surface area contributed by atoms with E-state index >= 15 is 4.39 Å². The minimum atomic E-state index is -0.287. The van der Waals surface area contributed by atoms with E-state index in [9.17, 15) is 4.79 Å². The van der Waals surface area contributed by atoms with Gasteiger partial charge in [-0.3, -0.25) is 4.79 Å². The number of aromatic nitrogens is 2. The number of rotatable bonds is 9. The number of nitrogens with one attached hydrogen (secondary N) is 2. The summed E-state index contributed by atoms with van der Waals surface area (Å²) >= 11 is 0. The highest BCUT2D eigenvalue weighted by atomic mass is 19.1. The number of halogens is 1. The van der Waals surface area contributed by atoms with E-state index in [1.807, 2.05) is 6.07 Å². The van der Waals surface area contributed by atoms with Gasteiger partial charge in [0.2, 0.25) is 5.91 Å². The maximum atomic E-state index is 15.8. The van der Waals surface area contributed by atoms with Crippen molar-refractivity contribution in [2.45, 2.75) is 50.5 Å². The Bertz CT molecular complexity index is 1410. The molecule has 3 atom stereocenters. The Kier molecular flexibility index (Phi) is 7.21. The van der Waals surface area contributed by atoms with E-state index in [1.165, 1.54) is 42.5 Å². The maximum absolute atomic E-state index is 15.8. The van der Waals surface area contributed by atoms with Crippen molar-refractivity contribution < 1.29 is 13.9 Å². The molecule has 7 nitrogen and oxygen atoms in total. The summed E-state index contributed by atoms with van der Waals surface area (Å²) in [5.41, 5.74) is 4.88. The lowest BCUT2D eigenvalue weighted by molar-refractivity contribution is -0.116. The van der Waals surface area contributed by atoms with Gasteiger partial charge in [-0.25, -0.2) is 4.39 Å². The van der Waals surface area contributed by atoms with Crippen LogP contribution in [0.3, 0.4) is 0 Å². The third-order valence-corrected chi connectivity index (χ3v) is 8.74. The van der Waals surface area contributed by atoms with Crippen LogP contribution in [0.1, 0.15) is 49.1 Å². The van der Waals surface area contributed by atoms with Crippen LogP contribution in [0.15, 0.2) is 43.0 Å². The molecular formula is C31H36FN5O2. The van der Waals surface area contributed by atoms with E-state index in [4.69, 9.17) is 9.72 Å². The summed E-state index contributed by atoms with van der Waals surface area (Å²) in [4.78, 5) is 23.2. The molecule has 0 radical (unpaired) electrons. The molecule has 1 saturated heterocycles. The molecule has 1 aliphatic heterocycles. The van der Waals surface area contributed by atoms with Gasteiger partial charge >= 0.3 is 6.01 Å². The average Bonchev–Trinajstić information content (AvgIpc) is 3.65. The molecule has 0 bridgehead atoms. The van der Waals surface area contributed by atoms with Gasteiger partial charge in [-0.2, -0.15) is 9.97 Å². The van der Waals surface area contributed by atoms with Gasteiger partial charge in [0.1, 0.15) is 18.2 Å². The molecule has 1 aromatic heterocycles. The van der Waals surface area contributed by atoms with Crippen LogP contribution < -0.4 is 15.4 Å². The van der Waals surface area contributed by atoms with Crippen molar-refractivity contribution in [3.8, 4) is 17.1 Å². The second-order valence-electron chi connectivity index (χ2n) is 11.1. The summed E-state index contributed by atoms with van der Waals surface area (Å²) in [7, 11) is 2.11. The van der Waals surface area contributed by atoms with Crippen LogP contribution in [0.25, 0.3) is 22.0 Å². The van der Waals surface area contributed by atoms with Crippen molar-refractivity contribution in [3.05, 3.63) is 59.9 Å². The number of fused-ring (bicyclic) bond motifs is 4. The Morgan fingerprint density at radius 3 is 2.90 bits per heavy atom. The number of nitrogens with zero attached hydrogens (tertiary/aromatic N) is 3. The van der Waals surface area contributed by atoms with Crippen LogP contribution in [-0.4, -0.2) is 60.1 Å². The minimum Gasteiger partial charge on any atom is -0.462 e. The van der Waals surface area contributed by atoms with Crippen LogP contribution in [0.2, 0.25) is 0 Å². The Morgan fingerprint density at radius 2 is 2.08 bits per heavy atom. The topological polar surface area (TPSA) is 79.4 Å². The van der Waals surface area contributed by atoms with Gasteiger partial charge in [-0.15, -0.1) is 0 Å². The molecule has 0 spiro atoms. The predicted molar refractivity (Wildman–Crippen MR) is 152 cm³/mol. The van der Waals surface area contributed by atoms with Crippen LogP contribution in [0.5, 0.6) is 6.01 Å². The number of hydrogen-bond donors (Lipinski definition) is 2. The van der Waals surface area contributed by atoms with Gasteiger partial charge in [0.15, 0.2) is 0 Å². The molecule has 1 amide bonds. The zero-order valence-electron chi connectivity index (χ0n) is 22.5. The van der Waals surface area contributed by atoms with Crippen LogP contribution in [-0.2, 0) is 11.2 Å². The zero-order chi connectivity index (χ0) is 26.9. The molecule has 6 rings (SSSR count). The number of ether oxygens (including phenoxy) is 1. The first-order chi connectivity index (χ1) is 19.0. The van der Waals surface area contributed by atoms with Crippen LogP contribution >= 0.6 is 0 Å². The first-order valence-electron chi connectivity index (χ1n) is 14.1. The lowest BCUT2D eigenvalue weighted by Gasteiger charge is -2.20. The molecule has 2 N–H and O–H groups in total. The lowest BCUT2D eigenvalue weighted by Crippen LogP contribution is -2.31. The van der Waals surface area contributed by atoms with Crippen molar-refractivity contribution in [2.75, 3.05) is 38.6 Å². The molecular weight excluding hydrogens is 493 g/mol. The number of hydrogen-bond acceptors (Lipinski definition) is 6. The molecule has 2 fully saturated rings. The van der Waals surface area contributed by atoms with E-state index in [0.717, 1.165) is 31.4 Å². The summed E-state index contributed by atoms with van der Waals surface area (Å²) in [6.45, 7) is 5.82. The monoisotopic (exact) mass is 529 g/mol. The van der Waals surface area contributed by atoms with Gasteiger partial charge in [0.05, 0.1) is 5.52 Å². The molecule has 8 heteroatoms. The summed E-state index contributed by atoms with van der Waals surface area (Å²) in [5.74, 6) is 1.15. The first-order valence-corrected chi connectivity index (χ1v) is 14.1. The molecule has 2 aromatic carbocycles. The number of carbonyl (C=O) groups is 1. The molecule has 2 heterocycles. The number of anilines is 1. The second-order valence-corrected chi connectivity index (χ2v) is 11.1. The Morgan fingerprint density at radius 1 is 1.18 bits per heavy atom. The fraction of sp³-hybridized carbons (Fsp3) is 0.452. The Balaban J connectivity index is 1.35. The molecule has 2 unspecified atom stereocenters. The summed E-state index contributed by atoms with van der Waals surface area (Å²) in [6.07, 6.45) is 8.23. The van der Waals surface area contributed by atoms with Crippen LogP contribution in [0.4, 0.5) is 10.2 Å². The van der Waals surface area contributed by atoms with Crippen LogP contribution in [0, 0.1) is 11.7 Å². The van der Waals surface area contributed by atoms with Gasteiger partial charge < -0.3 is 20.3 Å². The molecule has 3 aromatic rings. The minimum absolute atomic E-state index is 0.246. The molecule has 1 saturated carbocycles. The van der Waals surface area contributed by atoms with Crippen molar-refractivity contribution in [1.82, 2.24) is 20.2 Å². The molecule has 204 valence electrons. The highest BCUT2D eigenvalue weighted by Crippen LogP contribution is 2.51. The van der Waals surface area contributed by atoms with E-state index in [2.05, 4.69) is 52.3 Å². The third kappa shape index (κ3) is 5.10. The second kappa shape index (κ2) is 10.9. The summed E-state index contributed by atoms with van der Waals surface area (Å²) in [6, 6.07) is 10.3. The fourth-order valence-corrected chi connectivity index (χ4v) is 6.74. The Hall–Kier alpha value is -3.52. The zero-order valence-corrected chi connectivity index (χ0v) is 22.5. The first kappa shape index (κ1) is 25.7. The molecule has 2 aliphatic carbocycles. The molecule has 39 heavy (non-hydrogen) atoms. The predicted octanol–water partition coefficient (Wildman–Crippen LogP) is 5.06. The lowest BCUT2D eigenvalue weighted by atomic mass is 9.89. The van der Waals surface area contributed by atoms with E-state index in [0.29, 0.717) is 59.9 Å². The SMILES string of the molecule is C=CC(=O)NCCNc1nc(OC[C@@H]2CCCN2C)nc2cc(-c3cccc4c3C3CCCC3C4)c(F)cc12. The standard InChI is InChI=1S/C31H36FN5O2/c1-3-28(38)33-12-13-34-30-25-16-26(32)24(23-11-5-8-20-15-19-7-4-10-22(19)29(20)23)17-27(25)35-31(36-30)39-18-21-9-6-14-37(21)2/h3,5,8,11,16-17,19,21-22H,1,4,6-7,9-10,12-15,18H2,2H3,(H,33,38)(H,34,35,36)/t19?,21-,22?/m0/s1. The van der Waals surface area contributed by atoms with E-state index in [1.54, 1.807) is 0 Å². The van der Waals surface area contributed by atoms with Gasteiger partial charge in [0.25, 0.3) is 0 Å². The largest absolute Gasteiger partial charge is 0.462 e. The van der Waals surface area contributed by atoms with Crippen molar-refractivity contribution >= 4 is 22.6 Å². The third-order valence-electron chi connectivity index (χ3n) is 8.74. The van der Waals surface area contributed by atoms with Gasteiger partial charge in [-0.1, -0.05) is 31.2 Å². The van der Waals surface area contributed by atoms with Crippen molar-refractivity contribution in [1.29, 1.82) is 0 Å². The Labute approximate surface area is 228 Å². The number of benzene rings is 2. The highest BCUT2D eigenvalue weighted by Gasteiger charge is 2.37. The van der Waals surface area contributed by atoms with Crippen molar-refractivity contribution in [3.63, 3.8) is 0 Å². The summed E-state index contributed by atoms with van der Waals surface area (Å²) < 4.78 is 21.9. The van der Waals surface area contributed by atoms with Gasteiger partial charge in [-0.05, 0) is 92.4 Å². The number of amides is 1. The quantitative estimate of drug-likeness (QED) is 0.298. The fourth-order valence-electron chi connectivity index (χ4n) is 6.74. The molecule has 3 aliphatic rings. The normalized spacial score (nSPS) is 22.1.